The van der Waals surface area contributed by atoms with Crippen molar-refractivity contribution >= 4 is 83.8 Å². The number of thiophene rings is 1. The van der Waals surface area contributed by atoms with Gasteiger partial charge in [0, 0.05) is 15.1 Å². The number of halogens is 3. The third-order valence-electron chi connectivity index (χ3n) is 3.22. The highest BCUT2D eigenvalue weighted by Gasteiger charge is 2.38. The summed E-state index contributed by atoms with van der Waals surface area (Å²) in [6.45, 7) is 0. The molecule has 0 aliphatic carbocycles. The van der Waals surface area contributed by atoms with E-state index in [2.05, 4.69) is 31.9 Å². The van der Waals surface area contributed by atoms with Crippen molar-refractivity contribution in [2.24, 2.45) is 5.73 Å². The van der Waals surface area contributed by atoms with Crippen molar-refractivity contribution in [3.05, 3.63) is 48.0 Å². The zero-order valence-corrected chi connectivity index (χ0v) is 15.9. The van der Waals surface area contributed by atoms with E-state index in [1.807, 2.05) is 0 Å². The van der Waals surface area contributed by atoms with Crippen LogP contribution in [-0.4, -0.2) is 17.0 Å². The number of nitrogens with zero attached hydrogens (tertiary/aromatic N) is 1. The summed E-state index contributed by atoms with van der Waals surface area (Å²) in [6.07, 6.45) is 0. The average molecular weight is 479 g/mol. The van der Waals surface area contributed by atoms with Crippen LogP contribution < -0.4 is 10.6 Å². The second-order valence-corrected chi connectivity index (χ2v) is 8.26. The molecule has 23 heavy (non-hydrogen) atoms. The van der Waals surface area contributed by atoms with Gasteiger partial charge in [-0.25, -0.2) is 9.69 Å². The molecule has 0 fully saturated rings. The van der Waals surface area contributed by atoms with Crippen LogP contribution >= 0.6 is 54.8 Å². The SMILES string of the molecule is NC(=O)N1C(=O)C(=C(O)c2cc(Br)c(Br)s2)c2cc(Cl)ccc21. The smallest absolute Gasteiger partial charge is 0.326 e. The first-order chi connectivity index (χ1) is 10.8. The summed E-state index contributed by atoms with van der Waals surface area (Å²) >= 11 is 13.9. The van der Waals surface area contributed by atoms with Crippen LogP contribution in [0.25, 0.3) is 11.3 Å². The van der Waals surface area contributed by atoms with E-state index in [4.69, 9.17) is 17.3 Å². The minimum atomic E-state index is -0.921. The zero-order valence-electron chi connectivity index (χ0n) is 11.1. The minimum absolute atomic E-state index is 0.0115. The van der Waals surface area contributed by atoms with E-state index in [1.165, 1.54) is 23.5 Å². The molecule has 3 N–H and O–H groups in total. The van der Waals surface area contributed by atoms with E-state index >= 15 is 0 Å². The third-order valence-corrected chi connectivity index (χ3v) is 6.72. The number of aliphatic hydroxyl groups excluding tert-OH is 1. The summed E-state index contributed by atoms with van der Waals surface area (Å²) in [6, 6.07) is 5.32. The number of nitrogens with two attached hydrogens (primary N) is 1. The molecule has 5 nitrogen and oxygen atoms in total. The van der Waals surface area contributed by atoms with Gasteiger partial charge in [0.1, 0.15) is 5.76 Å². The molecule has 1 aromatic heterocycles. The van der Waals surface area contributed by atoms with Crippen molar-refractivity contribution in [2.75, 3.05) is 4.90 Å². The highest BCUT2D eigenvalue weighted by molar-refractivity contribution is 9.13. The number of hydrogen-bond acceptors (Lipinski definition) is 4. The fourth-order valence-corrected chi connectivity index (χ4v) is 4.43. The maximum absolute atomic E-state index is 12.6. The van der Waals surface area contributed by atoms with Crippen molar-refractivity contribution < 1.29 is 14.7 Å². The number of carbonyl (C=O) groups excluding carboxylic acids is 2. The number of imide groups is 1. The molecule has 3 amide bonds. The lowest BCUT2D eigenvalue weighted by atomic mass is 10.1. The Kier molecular flexibility index (Phi) is 4.26. The second kappa shape index (κ2) is 5.94. The number of primary amides is 1. The van der Waals surface area contributed by atoms with Crippen LogP contribution in [0, 0.1) is 0 Å². The van der Waals surface area contributed by atoms with E-state index in [0.29, 0.717) is 21.2 Å². The van der Waals surface area contributed by atoms with Gasteiger partial charge in [-0.05, 0) is 56.1 Å². The van der Waals surface area contributed by atoms with Gasteiger partial charge in [-0.3, -0.25) is 4.79 Å². The maximum Gasteiger partial charge on any atom is 0.326 e. The number of rotatable bonds is 1. The molecule has 2 aromatic rings. The lowest BCUT2D eigenvalue weighted by molar-refractivity contribution is -0.112. The van der Waals surface area contributed by atoms with Gasteiger partial charge in [0.15, 0.2) is 0 Å². The van der Waals surface area contributed by atoms with Crippen molar-refractivity contribution in [2.45, 2.75) is 0 Å². The summed E-state index contributed by atoms with van der Waals surface area (Å²) in [5.41, 5.74) is 5.93. The Morgan fingerprint density at radius 2 is 2.00 bits per heavy atom. The molecule has 3 rings (SSSR count). The summed E-state index contributed by atoms with van der Waals surface area (Å²) in [5.74, 6) is -0.924. The number of anilines is 1. The van der Waals surface area contributed by atoms with Gasteiger partial charge in [-0.2, -0.15) is 0 Å². The molecule has 1 aliphatic heterocycles. The number of hydrogen-bond donors (Lipinski definition) is 2. The monoisotopic (exact) mass is 476 g/mol. The quantitative estimate of drug-likeness (QED) is 0.457. The highest BCUT2D eigenvalue weighted by Crippen LogP contribution is 2.43. The van der Waals surface area contributed by atoms with Crippen molar-refractivity contribution in [3.8, 4) is 0 Å². The van der Waals surface area contributed by atoms with E-state index in [-0.39, 0.29) is 11.3 Å². The van der Waals surface area contributed by atoms with E-state index in [9.17, 15) is 14.7 Å². The molecule has 118 valence electrons. The molecule has 0 bridgehead atoms. The molecule has 2 heterocycles. The topological polar surface area (TPSA) is 83.6 Å². The van der Waals surface area contributed by atoms with Gasteiger partial charge >= 0.3 is 6.03 Å². The molecular weight excluding hydrogens is 471 g/mol. The van der Waals surface area contributed by atoms with Crippen LogP contribution in [0.5, 0.6) is 0 Å². The molecule has 0 saturated carbocycles. The molecule has 0 atom stereocenters. The van der Waals surface area contributed by atoms with Gasteiger partial charge in [0.05, 0.1) is 19.9 Å². The first-order valence-corrected chi connectivity index (χ1v) is 8.91. The van der Waals surface area contributed by atoms with Crippen LogP contribution in [0.1, 0.15) is 10.4 Å². The summed E-state index contributed by atoms with van der Waals surface area (Å²) in [4.78, 5) is 25.4. The number of aliphatic hydroxyl groups is 1. The standard InChI is InChI=1S/C14H7Br2ClN2O3S/c15-7-4-9(23-12(7)16)11(20)10-6-3-5(17)1-2-8(6)19(13(10)21)14(18)22/h1-4,20H,(H2,18,22). The molecule has 0 spiro atoms. The molecule has 0 saturated heterocycles. The molecule has 0 radical (unpaired) electrons. The molecule has 1 aliphatic rings. The van der Waals surface area contributed by atoms with Gasteiger partial charge in [-0.15, -0.1) is 11.3 Å². The largest absolute Gasteiger partial charge is 0.506 e. The van der Waals surface area contributed by atoms with Crippen LogP contribution in [0.4, 0.5) is 10.5 Å². The number of benzene rings is 1. The van der Waals surface area contributed by atoms with Gasteiger partial charge in [-0.1, -0.05) is 11.6 Å². The second-order valence-electron chi connectivity index (χ2n) is 4.60. The van der Waals surface area contributed by atoms with Gasteiger partial charge < -0.3 is 10.8 Å². The van der Waals surface area contributed by atoms with Crippen LogP contribution in [0.15, 0.2) is 32.5 Å². The molecule has 1 aromatic carbocycles. The average Bonchev–Trinajstić information content (AvgIpc) is 2.95. The van der Waals surface area contributed by atoms with E-state index in [0.717, 1.165) is 13.2 Å². The minimum Gasteiger partial charge on any atom is -0.506 e. The third kappa shape index (κ3) is 2.69. The first-order valence-electron chi connectivity index (χ1n) is 6.13. The summed E-state index contributed by atoms with van der Waals surface area (Å²) < 4.78 is 1.51. The number of fused-ring (bicyclic) bond motifs is 1. The van der Waals surface area contributed by atoms with Crippen LogP contribution in [0.2, 0.25) is 5.02 Å². The number of carbonyl (C=O) groups is 2. The van der Waals surface area contributed by atoms with Gasteiger partial charge in [0.2, 0.25) is 0 Å². The maximum atomic E-state index is 12.6. The number of amides is 3. The highest BCUT2D eigenvalue weighted by atomic mass is 79.9. The Bertz CT molecular complexity index is 875. The Morgan fingerprint density at radius 1 is 1.30 bits per heavy atom. The molecular formula is C14H7Br2ClN2O3S. The predicted octanol–water partition coefficient (Wildman–Crippen LogP) is 4.78. The Labute approximate surface area is 156 Å². The fourth-order valence-electron chi connectivity index (χ4n) is 2.27. The van der Waals surface area contributed by atoms with E-state index in [1.54, 1.807) is 12.1 Å². The zero-order chi connectivity index (χ0) is 16.9. The van der Waals surface area contributed by atoms with Crippen molar-refractivity contribution in [1.82, 2.24) is 0 Å². The van der Waals surface area contributed by atoms with Crippen LogP contribution in [0.3, 0.4) is 0 Å². The Balaban J connectivity index is 2.27. The van der Waals surface area contributed by atoms with Gasteiger partial charge in [0.25, 0.3) is 5.91 Å². The number of urea groups is 1. The lowest BCUT2D eigenvalue weighted by Crippen LogP contribution is -2.37. The molecule has 9 heteroatoms. The van der Waals surface area contributed by atoms with E-state index < -0.39 is 11.9 Å². The van der Waals surface area contributed by atoms with Crippen molar-refractivity contribution in [3.63, 3.8) is 0 Å². The first kappa shape index (κ1) is 16.5. The lowest BCUT2D eigenvalue weighted by Gasteiger charge is -2.11. The Hall–Kier alpha value is -1.35. The Morgan fingerprint density at radius 3 is 2.57 bits per heavy atom. The summed E-state index contributed by atoms with van der Waals surface area (Å²) in [5, 5.41) is 10.9. The van der Waals surface area contributed by atoms with Crippen LogP contribution in [-0.2, 0) is 4.79 Å². The summed E-state index contributed by atoms with van der Waals surface area (Å²) in [7, 11) is 0. The fraction of sp³-hybridized carbons (Fsp3) is 0. The predicted molar refractivity (Wildman–Crippen MR) is 97.7 cm³/mol. The molecule has 0 unspecified atom stereocenters. The normalized spacial score (nSPS) is 15.8. The van der Waals surface area contributed by atoms with Crippen molar-refractivity contribution in [1.29, 1.82) is 0 Å².